The summed E-state index contributed by atoms with van der Waals surface area (Å²) in [6.07, 6.45) is 6.14. The molecule has 0 aromatic heterocycles. The highest BCUT2D eigenvalue weighted by atomic mass is 31.2. The van der Waals surface area contributed by atoms with Crippen LogP contribution >= 0.6 is 7.37 Å². The summed E-state index contributed by atoms with van der Waals surface area (Å²) in [5.41, 5.74) is -0.204. The van der Waals surface area contributed by atoms with Gasteiger partial charge in [0.25, 0.3) is 0 Å². The zero-order valence-corrected chi connectivity index (χ0v) is 23.1. The largest absolute Gasteiger partial charge is 0.466 e. The fourth-order valence-electron chi connectivity index (χ4n) is 6.79. The minimum Gasteiger partial charge on any atom is -0.466 e. The van der Waals surface area contributed by atoms with Crippen molar-refractivity contribution in [2.24, 2.45) is 17.8 Å². The van der Waals surface area contributed by atoms with Crippen LogP contribution in [0.1, 0.15) is 78.2 Å². The summed E-state index contributed by atoms with van der Waals surface area (Å²) < 4.78 is 32.4. The molecule has 4 saturated carbocycles. The predicted octanol–water partition coefficient (Wildman–Crippen LogP) is 6.30. The second-order valence-electron chi connectivity index (χ2n) is 12.0. The van der Waals surface area contributed by atoms with E-state index >= 15 is 0 Å². The van der Waals surface area contributed by atoms with E-state index in [-0.39, 0.29) is 19.2 Å². The minimum absolute atomic E-state index is 0.0151. The van der Waals surface area contributed by atoms with Gasteiger partial charge < -0.3 is 19.3 Å². The van der Waals surface area contributed by atoms with Gasteiger partial charge in [-0.15, -0.1) is 0 Å². The molecule has 0 aliphatic heterocycles. The molecule has 0 spiro atoms. The van der Waals surface area contributed by atoms with Crippen molar-refractivity contribution in [3.63, 3.8) is 0 Å². The number of benzene rings is 1. The third-order valence-corrected chi connectivity index (χ3v) is 10.5. The Labute approximate surface area is 215 Å². The Kier molecular flexibility index (Phi) is 8.21. The maximum atomic E-state index is 14.9. The van der Waals surface area contributed by atoms with E-state index in [2.05, 4.69) is 5.32 Å². The van der Waals surface area contributed by atoms with Gasteiger partial charge in [0.15, 0.2) is 0 Å². The van der Waals surface area contributed by atoms with Crippen LogP contribution < -0.4 is 5.32 Å². The number of hydrogen-bond acceptors (Lipinski definition) is 6. The quantitative estimate of drug-likeness (QED) is 0.288. The highest BCUT2D eigenvalue weighted by Crippen LogP contribution is 2.64. The molecule has 0 saturated heterocycles. The molecule has 1 N–H and O–H groups in total. The average molecular weight is 520 g/mol. The summed E-state index contributed by atoms with van der Waals surface area (Å²) in [5, 5.41) is 2.90. The number of carbonyl (C=O) groups is 2. The summed E-state index contributed by atoms with van der Waals surface area (Å²) >= 11 is 0. The molecule has 2 atom stereocenters. The van der Waals surface area contributed by atoms with Gasteiger partial charge in [-0.2, -0.15) is 0 Å². The summed E-state index contributed by atoms with van der Waals surface area (Å²) in [5.74, 6) is 0.628. The van der Waals surface area contributed by atoms with Gasteiger partial charge in [0.2, 0.25) is 7.37 Å². The van der Waals surface area contributed by atoms with Crippen molar-refractivity contribution < 1.29 is 28.2 Å². The van der Waals surface area contributed by atoms with E-state index in [9.17, 15) is 14.2 Å². The molecule has 8 heteroatoms. The second kappa shape index (κ2) is 10.9. The SMILES string of the molecule is CCOC(=O)CCP(=O)(OC12CC3CC(CC(C3)C1)C2)C(Cc1ccccc1)NC(=O)OC(C)(C)C. The number of ether oxygens (including phenoxy) is 2. The average Bonchev–Trinajstić information content (AvgIpc) is 2.76. The van der Waals surface area contributed by atoms with Crippen molar-refractivity contribution in [1.82, 2.24) is 5.32 Å². The predicted molar refractivity (Wildman–Crippen MR) is 139 cm³/mol. The van der Waals surface area contributed by atoms with E-state index in [1.165, 1.54) is 19.3 Å². The van der Waals surface area contributed by atoms with Gasteiger partial charge in [-0.1, -0.05) is 30.3 Å². The summed E-state index contributed by atoms with van der Waals surface area (Å²) in [7, 11) is -3.55. The first-order chi connectivity index (χ1) is 17.0. The van der Waals surface area contributed by atoms with Crippen LogP contribution in [0.25, 0.3) is 0 Å². The molecule has 200 valence electrons. The van der Waals surface area contributed by atoms with Crippen molar-refractivity contribution in [3.8, 4) is 0 Å². The van der Waals surface area contributed by atoms with Gasteiger partial charge in [0.1, 0.15) is 11.4 Å². The topological polar surface area (TPSA) is 90.9 Å². The first-order valence-corrected chi connectivity index (χ1v) is 15.3. The van der Waals surface area contributed by atoms with E-state index in [1.807, 2.05) is 30.3 Å². The Morgan fingerprint density at radius 1 is 1.06 bits per heavy atom. The number of amides is 1. The molecule has 0 radical (unpaired) electrons. The number of alkyl carbamates (subject to hydrolysis) is 1. The lowest BCUT2D eigenvalue weighted by Crippen LogP contribution is -2.52. The van der Waals surface area contributed by atoms with Crippen molar-refractivity contribution >= 4 is 19.4 Å². The molecule has 4 bridgehead atoms. The Hall–Kier alpha value is -1.85. The maximum Gasteiger partial charge on any atom is 0.408 e. The molecule has 4 aliphatic rings. The molecule has 36 heavy (non-hydrogen) atoms. The number of rotatable bonds is 10. The van der Waals surface area contributed by atoms with Crippen LogP contribution in [0, 0.1) is 17.8 Å². The Morgan fingerprint density at radius 2 is 1.64 bits per heavy atom. The van der Waals surface area contributed by atoms with Gasteiger partial charge in [-0.3, -0.25) is 9.36 Å². The van der Waals surface area contributed by atoms with Crippen LogP contribution in [0.3, 0.4) is 0 Å². The van der Waals surface area contributed by atoms with Crippen LogP contribution in [0.4, 0.5) is 4.79 Å². The Bertz CT molecular complexity index is 937. The zero-order chi connectivity index (χ0) is 26.0. The number of hydrogen-bond donors (Lipinski definition) is 1. The molecule has 1 amide bonds. The van der Waals surface area contributed by atoms with E-state index in [0.29, 0.717) is 24.2 Å². The molecule has 5 rings (SSSR count). The summed E-state index contributed by atoms with van der Waals surface area (Å²) in [6, 6.07) is 9.66. The molecule has 2 unspecified atom stereocenters. The fraction of sp³-hybridized carbons (Fsp3) is 0.714. The molecule has 4 fully saturated rings. The van der Waals surface area contributed by atoms with E-state index in [0.717, 1.165) is 24.8 Å². The minimum atomic E-state index is -3.55. The van der Waals surface area contributed by atoms with Crippen molar-refractivity contribution in [1.29, 1.82) is 0 Å². The monoisotopic (exact) mass is 519 g/mol. The van der Waals surface area contributed by atoms with Crippen molar-refractivity contribution in [2.45, 2.75) is 96.0 Å². The lowest BCUT2D eigenvalue weighted by atomic mass is 9.54. The lowest BCUT2D eigenvalue weighted by molar-refractivity contribution is -0.142. The van der Waals surface area contributed by atoms with Gasteiger partial charge in [0, 0.05) is 12.6 Å². The Balaban J connectivity index is 1.63. The van der Waals surface area contributed by atoms with Gasteiger partial charge in [0.05, 0.1) is 18.6 Å². The third kappa shape index (κ3) is 6.92. The fourth-order valence-corrected chi connectivity index (χ4v) is 9.48. The third-order valence-electron chi connectivity index (χ3n) is 7.69. The Morgan fingerprint density at radius 3 is 2.17 bits per heavy atom. The molecule has 1 aromatic carbocycles. The van der Waals surface area contributed by atoms with Gasteiger partial charge >= 0.3 is 12.1 Å². The van der Waals surface area contributed by atoms with Crippen LogP contribution in [0.15, 0.2) is 30.3 Å². The number of carbonyl (C=O) groups excluding carboxylic acids is 2. The summed E-state index contributed by atoms with van der Waals surface area (Å²) in [4.78, 5) is 25.2. The first kappa shape index (κ1) is 27.2. The molecular weight excluding hydrogens is 477 g/mol. The van der Waals surface area contributed by atoms with Crippen LogP contribution in [-0.4, -0.2) is 41.8 Å². The van der Waals surface area contributed by atoms with Crippen LogP contribution in [-0.2, 0) is 29.8 Å². The molecule has 0 heterocycles. The number of nitrogens with one attached hydrogen (secondary N) is 1. The lowest BCUT2D eigenvalue weighted by Gasteiger charge is -2.57. The van der Waals surface area contributed by atoms with Gasteiger partial charge in [-0.05, 0) is 89.5 Å². The molecule has 4 aliphatic carbocycles. The van der Waals surface area contributed by atoms with E-state index in [1.54, 1.807) is 27.7 Å². The van der Waals surface area contributed by atoms with E-state index in [4.69, 9.17) is 14.0 Å². The maximum absolute atomic E-state index is 14.9. The zero-order valence-electron chi connectivity index (χ0n) is 22.2. The van der Waals surface area contributed by atoms with Crippen LogP contribution in [0.2, 0.25) is 0 Å². The van der Waals surface area contributed by atoms with E-state index < -0.39 is 36.4 Å². The highest BCUT2D eigenvalue weighted by Gasteiger charge is 2.55. The first-order valence-electron chi connectivity index (χ1n) is 13.5. The standard InChI is InChI=1S/C28H42NO6P/c1-5-33-25(30)11-12-36(32,35-28-17-21-13-22(18-28)15-23(14-21)19-28)24(16-20-9-7-6-8-10-20)29-26(31)34-27(2,3)4/h6-10,21-24H,5,11-19H2,1-4H3,(H,29,31). The summed E-state index contributed by atoms with van der Waals surface area (Å²) in [6.45, 7) is 7.41. The van der Waals surface area contributed by atoms with Crippen molar-refractivity contribution in [3.05, 3.63) is 35.9 Å². The molecule has 1 aromatic rings. The van der Waals surface area contributed by atoms with Crippen LogP contribution in [0.5, 0.6) is 0 Å². The normalized spacial score (nSPS) is 29.3. The molecular formula is C28H42NO6P. The number of esters is 1. The molecule has 7 nitrogen and oxygen atoms in total. The second-order valence-corrected chi connectivity index (χ2v) is 14.8. The van der Waals surface area contributed by atoms with Crippen molar-refractivity contribution in [2.75, 3.05) is 12.8 Å². The smallest absolute Gasteiger partial charge is 0.408 e. The van der Waals surface area contributed by atoms with Gasteiger partial charge in [-0.25, -0.2) is 4.79 Å². The highest BCUT2D eigenvalue weighted by molar-refractivity contribution is 7.59.